The first-order valence-corrected chi connectivity index (χ1v) is 5.09. The fourth-order valence-corrected chi connectivity index (χ4v) is 1.22. The Labute approximate surface area is 90.6 Å². The van der Waals surface area contributed by atoms with Crippen molar-refractivity contribution in [3.05, 3.63) is 35.4 Å². The summed E-state index contributed by atoms with van der Waals surface area (Å²) >= 11 is 0. The van der Waals surface area contributed by atoms with Gasteiger partial charge in [0.25, 0.3) is 0 Å². The molecule has 2 N–H and O–H groups in total. The molecule has 2 heteroatoms. The Morgan fingerprint density at radius 3 is 2.73 bits per heavy atom. The molecule has 0 amide bonds. The van der Waals surface area contributed by atoms with Crippen LogP contribution in [-0.2, 0) is 6.61 Å². The lowest BCUT2D eigenvalue weighted by molar-refractivity contribution is 0.186. The molecule has 0 radical (unpaired) electrons. The van der Waals surface area contributed by atoms with Gasteiger partial charge in [-0.2, -0.15) is 0 Å². The van der Waals surface area contributed by atoms with E-state index in [1.54, 1.807) is 6.92 Å². The molecule has 0 aromatic heterocycles. The zero-order chi connectivity index (χ0) is 11.1. The Morgan fingerprint density at radius 1 is 1.33 bits per heavy atom. The third kappa shape index (κ3) is 4.16. The normalized spacial score (nSPS) is 11.7. The van der Waals surface area contributed by atoms with Crippen LogP contribution >= 0.6 is 0 Å². The molecular weight excluding hydrogens is 188 g/mol. The van der Waals surface area contributed by atoms with Crippen molar-refractivity contribution < 1.29 is 10.2 Å². The van der Waals surface area contributed by atoms with Crippen LogP contribution in [0.4, 0.5) is 0 Å². The Morgan fingerprint density at radius 2 is 2.07 bits per heavy atom. The summed E-state index contributed by atoms with van der Waals surface area (Å²) in [6, 6.07) is 7.53. The summed E-state index contributed by atoms with van der Waals surface area (Å²) in [5.74, 6) is 5.99. The highest BCUT2D eigenvalue weighted by Crippen LogP contribution is 2.06. The first kappa shape index (κ1) is 11.8. The monoisotopic (exact) mass is 204 g/mol. The maximum atomic E-state index is 9.06. The van der Waals surface area contributed by atoms with Crippen molar-refractivity contribution in [3.8, 4) is 11.8 Å². The molecule has 0 fully saturated rings. The van der Waals surface area contributed by atoms with Crippen LogP contribution in [0.15, 0.2) is 24.3 Å². The van der Waals surface area contributed by atoms with Gasteiger partial charge in [0.2, 0.25) is 0 Å². The third-order valence-electron chi connectivity index (χ3n) is 2.10. The second-order valence-corrected chi connectivity index (χ2v) is 3.50. The summed E-state index contributed by atoms with van der Waals surface area (Å²) in [4.78, 5) is 0. The quantitative estimate of drug-likeness (QED) is 0.736. The van der Waals surface area contributed by atoms with Crippen LogP contribution in [0.1, 0.15) is 30.9 Å². The van der Waals surface area contributed by atoms with Crippen LogP contribution in [0.5, 0.6) is 0 Å². The fourth-order valence-electron chi connectivity index (χ4n) is 1.22. The lowest BCUT2D eigenvalue weighted by Gasteiger charge is -1.99. The van der Waals surface area contributed by atoms with E-state index in [4.69, 9.17) is 10.2 Å². The molecule has 1 unspecified atom stereocenters. The number of benzene rings is 1. The van der Waals surface area contributed by atoms with E-state index in [1.807, 2.05) is 24.3 Å². The Hall–Kier alpha value is -1.30. The molecule has 0 aliphatic rings. The van der Waals surface area contributed by atoms with Gasteiger partial charge in [-0.1, -0.05) is 30.0 Å². The first-order valence-electron chi connectivity index (χ1n) is 5.09. The molecular formula is C13H16O2. The molecule has 80 valence electrons. The number of aliphatic hydroxyl groups excluding tert-OH is 2. The molecule has 15 heavy (non-hydrogen) atoms. The van der Waals surface area contributed by atoms with E-state index in [9.17, 15) is 0 Å². The van der Waals surface area contributed by atoms with Crippen molar-refractivity contribution in [2.45, 2.75) is 32.5 Å². The average Bonchev–Trinajstić information content (AvgIpc) is 2.24. The van der Waals surface area contributed by atoms with Crippen molar-refractivity contribution in [3.63, 3.8) is 0 Å². The standard InChI is InChI=1S/C13H16O2/c1-11(15)6-2-3-7-12-8-4-5-9-13(12)10-14/h4-5,8-9,11,14-15H,2,6,10H2,1H3. The summed E-state index contributed by atoms with van der Waals surface area (Å²) in [5, 5.41) is 18.1. The minimum atomic E-state index is -0.299. The molecule has 0 aliphatic carbocycles. The van der Waals surface area contributed by atoms with Crippen molar-refractivity contribution in [1.29, 1.82) is 0 Å². The molecule has 1 aromatic rings. The molecule has 0 spiro atoms. The van der Waals surface area contributed by atoms with Crippen molar-refractivity contribution >= 4 is 0 Å². The minimum absolute atomic E-state index is 0.0151. The van der Waals surface area contributed by atoms with E-state index >= 15 is 0 Å². The van der Waals surface area contributed by atoms with Gasteiger partial charge in [-0.15, -0.1) is 0 Å². The average molecular weight is 204 g/mol. The maximum Gasteiger partial charge on any atom is 0.0694 e. The lowest BCUT2D eigenvalue weighted by Crippen LogP contribution is -1.97. The summed E-state index contributed by atoms with van der Waals surface area (Å²) in [5.41, 5.74) is 1.72. The zero-order valence-corrected chi connectivity index (χ0v) is 8.90. The summed E-state index contributed by atoms with van der Waals surface area (Å²) in [7, 11) is 0. The summed E-state index contributed by atoms with van der Waals surface area (Å²) in [6.45, 7) is 1.77. The van der Waals surface area contributed by atoms with Gasteiger partial charge < -0.3 is 10.2 Å². The Kier molecular flexibility index (Phi) is 4.89. The van der Waals surface area contributed by atoms with Gasteiger partial charge in [0.05, 0.1) is 12.7 Å². The number of rotatable bonds is 3. The highest BCUT2D eigenvalue weighted by molar-refractivity contribution is 5.40. The van der Waals surface area contributed by atoms with E-state index in [0.717, 1.165) is 11.1 Å². The Balaban J connectivity index is 2.62. The number of aliphatic hydroxyl groups is 2. The van der Waals surface area contributed by atoms with E-state index < -0.39 is 0 Å². The molecule has 0 bridgehead atoms. The predicted octanol–water partition coefficient (Wildman–Crippen LogP) is 1.69. The molecule has 0 heterocycles. The second kappa shape index (κ2) is 6.23. The topological polar surface area (TPSA) is 40.5 Å². The van der Waals surface area contributed by atoms with Crippen molar-refractivity contribution in [2.75, 3.05) is 0 Å². The van der Waals surface area contributed by atoms with Gasteiger partial charge in [-0.05, 0) is 25.0 Å². The Bertz CT molecular complexity index is 358. The summed E-state index contributed by atoms with van der Waals surface area (Å²) < 4.78 is 0. The van der Waals surface area contributed by atoms with E-state index in [1.165, 1.54) is 0 Å². The van der Waals surface area contributed by atoms with Gasteiger partial charge in [0.15, 0.2) is 0 Å². The van der Waals surface area contributed by atoms with Gasteiger partial charge >= 0.3 is 0 Å². The predicted molar refractivity (Wildman–Crippen MR) is 60.2 cm³/mol. The molecule has 1 atom stereocenters. The molecule has 1 rings (SSSR count). The smallest absolute Gasteiger partial charge is 0.0694 e. The molecule has 0 saturated carbocycles. The number of hydrogen-bond donors (Lipinski definition) is 2. The van der Waals surface area contributed by atoms with Crippen LogP contribution in [0.25, 0.3) is 0 Å². The highest BCUT2D eigenvalue weighted by atomic mass is 16.3. The lowest BCUT2D eigenvalue weighted by atomic mass is 10.1. The SMILES string of the molecule is CC(O)CCC#Cc1ccccc1CO. The highest BCUT2D eigenvalue weighted by Gasteiger charge is 1.95. The van der Waals surface area contributed by atoms with Crippen LogP contribution in [-0.4, -0.2) is 16.3 Å². The molecule has 0 aliphatic heterocycles. The van der Waals surface area contributed by atoms with Gasteiger partial charge in [0, 0.05) is 12.0 Å². The zero-order valence-electron chi connectivity index (χ0n) is 8.90. The van der Waals surface area contributed by atoms with Gasteiger partial charge in [-0.25, -0.2) is 0 Å². The first-order chi connectivity index (χ1) is 7.24. The van der Waals surface area contributed by atoms with Crippen LogP contribution in [0.2, 0.25) is 0 Å². The fraction of sp³-hybridized carbons (Fsp3) is 0.385. The van der Waals surface area contributed by atoms with E-state index in [-0.39, 0.29) is 12.7 Å². The van der Waals surface area contributed by atoms with Crippen LogP contribution < -0.4 is 0 Å². The molecule has 2 nitrogen and oxygen atoms in total. The van der Waals surface area contributed by atoms with Crippen molar-refractivity contribution in [1.82, 2.24) is 0 Å². The van der Waals surface area contributed by atoms with Gasteiger partial charge in [-0.3, -0.25) is 0 Å². The minimum Gasteiger partial charge on any atom is -0.393 e. The summed E-state index contributed by atoms with van der Waals surface area (Å²) in [6.07, 6.45) is 1.07. The maximum absolute atomic E-state index is 9.06. The second-order valence-electron chi connectivity index (χ2n) is 3.50. The molecule has 0 saturated heterocycles. The van der Waals surface area contributed by atoms with Crippen LogP contribution in [0, 0.1) is 11.8 Å². The van der Waals surface area contributed by atoms with Crippen LogP contribution in [0.3, 0.4) is 0 Å². The number of hydrogen-bond acceptors (Lipinski definition) is 2. The van der Waals surface area contributed by atoms with E-state index in [2.05, 4.69) is 11.8 Å². The van der Waals surface area contributed by atoms with Gasteiger partial charge in [0.1, 0.15) is 0 Å². The van der Waals surface area contributed by atoms with Crippen molar-refractivity contribution in [2.24, 2.45) is 0 Å². The largest absolute Gasteiger partial charge is 0.393 e. The molecule has 1 aromatic carbocycles. The third-order valence-corrected chi connectivity index (χ3v) is 2.10. The van der Waals surface area contributed by atoms with E-state index in [0.29, 0.717) is 12.8 Å².